The van der Waals surface area contributed by atoms with Crippen LogP contribution in [-0.2, 0) is 4.79 Å². The van der Waals surface area contributed by atoms with Gasteiger partial charge in [0.25, 0.3) is 0 Å². The van der Waals surface area contributed by atoms with Crippen molar-refractivity contribution in [2.75, 3.05) is 0 Å². The summed E-state index contributed by atoms with van der Waals surface area (Å²) in [5, 5.41) is -1.34. The van der Waals surface area contributed by atoms with E-state index in [9.17, 15) is 13.6 Å². The molecular weight excluding hydrogens is 200 g/mol. The van der Waals surface area contributed by atoms with Gasteiger partial charge in [0.15, 0.2) is 0 Å². The van der Waals surface area contributed by atoms with Crippen LogP contribution in [0.2, 0.25) is 0 Å². The molecule has 5 heteroatoms. The van der Waals surface area contributed by atoms with E-state index in [0.717, 1.165) is 18.2 Å². The fourth-order valence-corrected chi connectivity index (χ4v) is 1.03. The summed E-state index contributed by atoms with van der Waals surface area (Å²) >= 11 is 5.44. The number of halogens is 3. The molecule has 0 aliphatic carbocycles. The van der Waals surface area contributed by atoms with Crippen molar-refractivity contribution in [2.45, 2.75) is 5.38 Å². The zero-order valence-electron chi connectivity index (χ0n) is 6.43. The van der Waals surface area contributed by atoms with Gasteiger partial charge in [-0.15, -0.1) is 11.6 Å². The van der Waals surface area contributed by atoms with Crippen LogP contribution >= 0.6 is 11.6 Å². The van der Waals surface area contributed by atoms with E-state index in [4.69, 9.17) is 17.3 Å². The molecule has 2 nitrogen and oxygen atoms in total. The van der Waals surface area contributed by atoms with Crippen LogP contribution in [0.25, 0.3) is 0 Å². The molecule has 0 heterocycles. The zero-order chi connectivity index (χ0) is 10.0. The molecule has 0 saturated carbocycles. The SMILES string of the molecule is NC(=O)C(Cl)c1cc(F)ccc1F. The Morgan fingerprint density at radius 2 is 2.08 bits per heavy atom. The first kappa shape index (κ1) is 9.92. The maximum atomic E-state index is 12.9. The average Bonchev–Trinajstić information content (AvgIpc) is 2.08. The number of carbonyl (C=O) groups is 1. The largest absolute Gasteiger partial charge is 0.368 e. The summed E-state index contributed by atoms with van der Waals surface area (Å²) < 4.78 is 25.5. The van der Waals surface area contributed by atoms with E-state index in [2.05, 4.69) is 0 Å². The van der Waals surface area contributed by atoms with Crippen LogP contribution in [0.5, 0.6) is 0 Å². The first-order valence-electron chi connectivity index (χ1n) is 3.40. The van der Waals surface area contributed by atoms with E-state index in [1.807, 2.05) is 0 Å². The van der Waals surface area contributed by atoms with Crippen LogP contribution in [0.1, 0.15) is 10.9 Å². The molecule has 0 spiro atoms. The Hall–Kier alpha value is -1.16. The van der Waals surface area contributed by atoms with Gasteiger partial charge in [0.2, 0.25) is 5.91 Å². The number of rotatable bonds is 2. The lowest BCUT2D eigenvalue weighted by Gasteiger charge is -2.06. The molecule has 0 fully saturated rings. The Kier molecular flexibility index (Phi) is 2.83. The van der Waals surface area contributed by atoms with E-state index in [-0.39, 0.29) is 5.56 Å². The smallest absolute Gasteiger partial charge is 0.240 e. The monoisotopic (exact) mass is 205 g/mol. The van der Waals surface area contributed by atoms with Gasteiger partial charge in [0.05, 0.1) is 0 Å². The number of primary amides is 1. The van der Waals surface area contributed by atoms with Gasteiger partial charge in [-0.3, -0.25) is 4.79 Å². The molecule has 0 aromatic heterocycles. The van der Waals surface area contributed by atoms with Crippen molar-refractivity contribution in [1.29, 1.82) is 0 Å². The number of carbonyl (C=O) groups excluding carboxylic acids is 1. The summed E-state index contributed by atoms with van der Waals surface area (Å²) in [5.74, 6) is -2.32. The Morgan fingerprint density at radius 1 is 1.46 bits per heavy atom. The summed E-state index contributed by atoms with van der Waals surface area (Å²) in [4.78, 5) is 10.6. The zero-order valence-corrected chi connectivity index (χ0v) is 7.18. The van der Waals surface area contributed by atoms with Gasteiger partial charge < -0.3 is 5.73 Å². The number of hydrogen-bond acceptors (Lipinski definition) is 1. The lowest BCUT2D eigenvalue weighted by Crippen LogP contribution is -2.18. The third kappa shape index (κ3) is 2.15. The lowest BCUT2D eigenvalue weighted by molar-refractivity contribution is -0.117. The third-order valence-electron chi connectivity index (χ3n) is 1.48. The number of nitrogens with two attached hydrogens (primary N) is 1. The first-order valence-corrected chi connectivity index (χ1v) is 3.84. The highest BCUT2D eigenvalue weighted by atomic mass is 35.5. The Labute approximate surface area is 78.3 Å². The second kappa shape index (κ2) is 3.70. The molecule has 1 aromatic carbocycles. The second-order valence-corrected chi connectivity index (χ2v) is 2.87. The summed E-state index contributed by atoms with van der Waals surface area (Å²) in [6, 6.07) is 2.67. The lowest BCUT2D eigenvalue weighted by atomic mass is 10.1. The highest BCUT2D eigenvalue weighted by Gasteiger charge is 2.18. The fraction of sp³-hybridized carbons (Fsp3) is 0.125. The van der Waals surface area contributed by atoms with E-state index >= 15 is 0 Å². The van der Waals surface area contributed by atoms with Gasteiger partial charge in [-0.2, -0.15) is 0 Å². The van der Waals surface area contributed by atoms with Gasteiger partial charge in [-0.05, 0) is 18.2 Å². The van der Waals surface area contributed by atoms with E-state index in [1.54, 1.807) is 0 Å². The molecule has 1 aromatic rings. The molecule has 1 atom stereocenters. The van der Waals surface area contributed by atoms with Gasteiger partial charge >= 0.3 is 0 Å². The Balaban J connectivity index is 3.12. The van der Waals surface area contributed by atoms with Crippen LogP contribution in [0, 0.1) is 11.6 Å². The molecule has 70 valence electrons. The number of benzene rings is 1. The Bertz CT molecular complexity index is 343. The minimum absolute atomic E-state index is 0.242. The molecular formula is C8H6ClF2NO. The quantitative estimate of drug-likeness (QED) is 0.735. The molecule has 0 aliphatic heterocycles. The van der Waals surface area contributed by atoms with Crippen LogP contribution in [0.4, 0.5) is 8.78 Å². The standard InChI is InChI=1S/C8H6ClF2NO/c9-7(8(12)13)5-3-4(10)1-2-6(5)11/h1-3,7H,(H2,12,13). The van der Waals surface area contributed by atoms with Crippen molar-refractivity contribution >= 4 is 17.5 Å². The predicted molar refractivity (Wildman–Crippen MR) is 44.1 cm³/mol. The highest BCUT2D eigenvalue weighted by molar-refractivity contribution is 6.30. The van der Waals surface area contributed by atoms with Crippen molar-refractivity contribution in [1.82, 2.24) is 0 Å². The molecule has 0 aliphatic rings. The van der Waals surface area contributed by atoms with Crippen molar-refractivity contribution in [2.24, 2.45) is 5.73 Å². The second-order valence-electron chi connectivity index (χ2n) is 2.43. The summed E-state index contributed by atoms with van der Waals surface area (Å²) in [6.45, 7) is 0. The van der Waals surface area contributed by atoms with E-state index in [0.29, 0.717) is 0 Å². The van der Waals surface area contributed by atoms with Crippen molar-refractivity contribution in [3.63, 3.8) is 0 Å². The molecule has 13 heavy (non-hydrogen) atoms. The average molecular weight is 206 g/mol. The number of hydrogen-bond donors (Lipinski definition) is 1. The molecule has 2 N–H and O–H groups in total. The minimum Gasteiger partial charge on any atom is -0.368 e. The Morgan fingerprint density at radius 3 is 2.62 bits per heavy atom. The van der Waals surface area contributed by atoms with Gasteiger partial charge in [-0.1, -0.05) is 0 Å². The molecule has 0 radical (unpaired) electrons. The predicted octanol–water partition coefficient (Wildman–Crippen LogP) is 1.73. The van der Waals surface area contributed by atoms with Gasteiger partial charge in [-0.25, -0.2) is 8.78 Å². The normalized spacial score (nSPS) is 12.5. The third-order valence-corrected chi connectivity index (χ3v) is 1.93. The molecule has 0 bridgehead atoms. The topological polar surface area (TPSA) is 43.1 Å². The van der Waals surface area contributed by atoms with Crippen LogP contribution in [0.15, 0.2) is 18.2 Å². The number of alkyl halides is 1. The summed E-state index contributed by atoms with van der Waals surface area (Å²) in [5.41, 5.74) is 4.59. The van der Waals surface area contributed by atoms with Crippen molar-refractivity contribution in [3.8, 4) is 0 Å². The fourth-order valence-electron chi connectivity index (χ4n) is 0.862. The summed E-state index contributed by atoms with van der Waals surface area (Å²) in [6.07, 6.45) is 0. The van der Waals surface area contributed by atoms with Gasteiger partial charge in [0, 0.05) is 5.56 Å². The van der Waals surface area contributed by atoms with Crippen LogP contribution < -0.4 is 5.73 Å². The molecule has 0 saturated heterocycles. The first-order chi connectivity index (χ1) is 6.02. The maximum absolute atomic E-state index is 12.9. The summed E-state index contributed by atoms with van der Waals surface area (Å²) in [7, 11) is 0. The highest BCUT2D eigenvalue weighted by Crippen LogP contribution is 2.23. The van der Waals surface area contributed by atoms with Crippen molar-refractivity contribution < 1.29 is 13.6 Å². The van der Waals surface area contributed by atoms with E-state index in [1.165, 1.54) is 0 Å². The minimum atomic E-state index is -1.34. The molecule has 1 unspecified atom stereocenters. The van der Waals surface area contributed by atoms with Gasteiger partial charge in [0.1, 0.15) is 17.0 Å². The number of amides is 1. The maximum Gasteiger partial charge on any atom is 0.240 e. The van der Waals surface area contributed by atoms with E-state index < -0.39 is 22.9 Å². The molecule has 1 rings (SSSR count). The van der Waals surface area contributed by atoms with Crippen LogP contribution in [-0.4, -0.2) is 5.91 Å². The van der Waals surface area contributed by atoms with Crippen molar-refractivity contribution in [3.05, 3.63) is 35.4 Å². The van der Waals surface area contributed by atoms with Crippen LogP contribution in [0.3, 0.4) is 0 Å². The molecule has 1 amide bonds.